The van der Waals surface area contributed by atoms with E-state index < -0.39 is 17.2 Å². The smallest absolute Gasteiger partial charge is 0.335 e. The van der Waals surface area contributed by atoms with Crippen LogP contribution in [-0.2, 0) is 4.79 Å². The average molecular weight is 294 g/mol. The van der Waals surface area contributed by atoms with Gasteiger partial charge in [-0.25, -0.2) is 9.18 Å². The summed E-state index contributed by atoms with van der Waals surface area (Å²) in [5.41, 5.74) is 4.95. The first-order valence-corrected chi connectivity index (χ1v) is 7.03. The fourth-order valence-electron chi connectivity index (χ4n) is 2.76. The molecular formula is C15H19FN2O3. The number of benzene rings is 1. The van der Waals surface area contributed by atoms with E-state index in [0.29, 0.717) is 12.8 Å². The Hall–Kier alpha value is -1.95. The van der Waals surface area contributed by atoms with E-state index in [1.165, 1.54) is 12.1 Å². The number of halogens is 1. The third kappa shape index (κ3) is 3.21. The Balaban J connectivity index is 2.17. The fourth-order valence-corrected chi connectivity index (χ4v) is 2.76. The van der Waals surface area contributed by atoms with Crippen molar-refractivity contribution in [2.75, 3.05) is 11.9 Å². The molecule has 0 unspecified atom stereocenters. The molecule has 1 aliphatic carbocycles. The zero-order valence-corrected chi connectivity index (χ0v) is 11.7. The van der Waals surface area contributed by atoms with Gasteiger partial charge in [0.1, 0.15) is 5.82 Å². The van der Waals surface area contributed by atoms with Crippen LogP contribution in [0.5, 0.6) is 0 Å². The molecule has 0 heterocycles. The number of nitrogens with two attached hydrogens (primary N) is 1. The van der Waals surface area contributed by atoms with Gasteiger partial charge in [-0.3, -0.25) is 4.79 Å². The summed E-state index contributed by atoms with van der Waals surface area (Å²) in [6.07, 6.45) is 4.35. The summed E-state index contributed by atoms with van der Waals surface area (Å²) in [6, 6.07) is 3.43. The molecule has 114 valence electrons. The van der Waals surface area contributed by atoms with Crippen molar-refractivity contribution >= 4 is 17.6 Å². The minimum Gasteiger partial charge on any atom is -0.478 e. The highest BCUT2D eigenvalue weighted by Crippen LogP contribution is 2.36. The molecule has 0 atom stereocenters. The minimum absolute atomic E-state index is 0.0107. The number of hydrogen-bond acceptors (Lipinski definition) is 3. The molecule has 0 bridgehead atoms. The molecule has 1 aromatic rings. The summed E-state index contributed by atoms with van der Waals surface area (Å²) in [5.74, 6) is -2.25. The van der Waals surface area contributed by atoms with Crippen molar-refractivity contribution in [3.05, 3.63) is 29.6 Å². The normalized spacial score (nSPS) is 17.2. The van der Waals surface area contributed by atoms with Crippen LogP contribution in [0.15, 0.2) is 18.2 Å². The Bertz CT molecular complexity index is 554. The second-order valence-corrected chi connectivity index (χ2v) is 5.50. The Labute approximate surface area is 122 Å². The maximum absolute atomic E-state index is 13.9. The topological polar surface area (TPSA) is 92.4 Å². The third-order valence-electron chi connectivity index (χ3n) is 4.15. The highest BCUT2D eigenvalue weighted by atomic mass is 19.1. The number of anilines is 1. The first kappa shape index (κ1) is 15.4. The van der Waals surface area contributed by atoms with Crippen LogP contribution in [0.3, 0.4) is 0 Å². The number of amides is 1. The largest absolute Gasteiger partial charge is 0.478 e. The number of rotatable bonds is 4. The number of carboxylic acids is 1. The van der Waals surface area contributed by atoms with Crippen LogP contribution in [0.4, 0.5) is 10.1 Å². The fraction of sp³-hybridized carbons (Fsp3) is 0.467. The van der Waals surface area contributed by atoms with Crippen LogP contribution >= 0.6 is 0 Å². The quantitative estimate of drug-likeness (QED) is 0.795. The molecule has 0 aromatic heterocycles. The Morgan fingerprint density at radius 1 is 1.29 bits per heavy atom. The lowest BCUT2D eigenvalue weighted by Gasteiger charge is -2.34. The zero-order valence-electron chi connectivity index (χ0n) is 11.7. The Kier molecular flexibility index (Phi) is 4.57. The van der Waals surface area contributed by atoms with Crippen LogP contribution in [0.25, 0.3) is 0 Å². The van der Waals surface area contributed by atoms with Crippen LogP contribution in [-0.4, -0.2) is 23.5 Å². The zero-order chi connectivity index (χ0) is 15.5. The minimum atomic E-state index is -1.21. The molecule has 1 aliphatic rings. The van der Waals surface area contributed by atoms with Gasteiger partial charge in [0.25, 0.3) is 0 Å². The predicted molar refractivity (Wildman–Crippen MR) is 76.6 cm³/mol. The van der Waals surface area contributed by atoms with Crippen molar-refractivity contribution in [2.45, 2.75) is 32.1 Å². The number of aromatic carboxylic acids is 1. The average Bonchev–Trinajstić information content (AvgIpc) is 2.49. The van der Waals surface area contributed by atoms with Crippen molar-refractivity contribution in [1.82, 2.24) is 0 Å². The van der Waals surface area contributed by atoms with Gasteiger partial charge in [-0.15, -0.1) is 0 Å². The number of hydrogen-bond donors (Lipinski definition) is 3. The Morgan fingerprint density at radius 3 is 2.48 bits per heavy atom. The van der Waals surface area contributed by atoms with Gasteiger partial charge >= 0.3 is 5.97 Å². The maximum Gasteiger partial charge on any atom is 0.335 e. The lowest BCUT2D eigenvalue weighted by Crippen LogP contribution is -2.44. The highest BCUT2D eigenvalue weighted by Gasteiger charge is 2.38. The van der Waals surface area contributed by atoms with Crippen LogP contribution in [0.1, 0.15) is 42.5 Å². The molecule has 1 saturated carbocycles. The van der Waals surface area contributed by atoms with E-state index in [1.54, 1.807) is 0 Å². The summed E-state index contributed by atoms with van der Waals surface area (Å²) >= 11 is 0. The number of carboxylic acid groups (broad SMARTS) is 1. The number of nitrogens with one attached hydrogen (secondary N) is 1. The van der Waals surface area contributed by atoms with E-state index in [2.05, 4.69) is 5.32 Å². The molecule has 5 nitrogen and oxygen atoms in total. The molecule has 2 rings (SSSR count). The first-order chi connectivity index (χ1) is 9.98. The third-order valence-corrected chi connectivity index (χ3v) is 4.15. The van der Waals surface area contributed by atoms with Gasteiger partial charge in [-0.05, 0) is 31.0 Å². The molecule has 0 aliphatic heterocycles. The predicted octanol–water partition coefficient (Wildman–Crippen LogP) is 2.37. The van der Waals surface area contributed by atoms with Crippen molar-refractivity contribution in [1.29, 1.82) is 0 Å². The van der Waals surface area contributed by atoms with Crippen LogP contribution < -0.4 is 11.1 Å². The number of carbonyl (C=O) groups excluding carboxylic acids is 1. The van der Waals surface area contributed by atoms with Gasteiger partial charge in [-0.1, -0.05) is 19.3 Å². The van der Waals surface area contributed by atoms with Crippen molar-refractivity contribution in [3.63, 3.8) is 0 Å². The van der Waals surface area contributed by atoms with Crippen molar-refractivity contribution in [3.8, 4) is 0 Å². The molecular weight excluding hydrogens is 275 g/mol. The lowest BCUT2D eigenvalue weighted by atomic mass is 9.73. The molecule has 6 heteroatoms. The summed E-state index contributed by atoms with van der Waals surface area (Å²) in [6.45, 7) is 0.230. The molecule has 1 aromatic carbocycles. The van der Waals surface area contributed by atoms with E-state index in [0.717, 1.165) is 25.3 Å². The lowest BCUT2D eigenvalue weighted by molar-refractivity contribution is -0.126. The van der Waals surface area contributed by atoms with Gasteiger partial charge in [0.15, 0.2) is 0 Å². The van der Waals surface area contributed by atoms with E-state index in [9.17, 15) is 14.0 Å². The first-order valence-electron chi connectivity index (χ1n) is 7.03. The second-order valence-electron chi connectivity index (χ2n) is 5.50. The molecule has 21 heavy (non-hydrogen) atoms. The molecule has 0 radical (unpaired) electrons. The summed E-state index contributed by atoms with van der Waals surface area (Å²) in [4.78, 5) is 23.2. The monoisotopic (exact) mass is 294 g/mol. The van der Waals surface area contributed by atoms with Gasteiger partial charge in [0, 0.05) is 6.54 Å². The van der Waals surface area contributed by atoms with Gasteiger partial charge < -0.3 is 16.2 Å². The summed E-state index contributed by atoms with van der Waals surface area (Å²) in [5, 5.41) is 11.3. The summed E-state index contributed by atoms with van der Waals surface area (Å²) < 4.78 is 13.9. The van der Waals surface area contributed by atoms with Crippen molar-refractivity contribution < 1.29 is 19.1 Å². The standard InChI is InChI=1S/C15H19FN2O3/c16-11-8-10(13(19)20)4-5-12(11)18-14(21)15(9-17)6-2-1-3-7-15/h4-5,8H,1-3,6-7,9,17H2,(H,18,21)(H,19,20). The maximum atomic E-state index is 13.9. The van der Waals surface area contributed by atoms with E-state index >= 15 is 0 Å². The van der Waals surface area contributed by atoms with E-state index in [4.69, 9.17) is 10.8 Å². The van der Waals surface area contributed by atoms with E-state index in [-0.39, 0.29) is 23.7 Å². The second kappa shape index (κ2) is 6.22. The number of carbonyl (C=O) groups is 2. The molecule has 0 saturated heterocycles. The molecule has 1 amide bonds. The summed E-state index contributed by atoms with van der Waals surface area (Å²) in [7, 11) is 0. The van der Waals surface area contributed by atoms with Gasteiger partial charge in [-0.2, -0.15) is 0 Å². The molecule has 1 fully saturated rings. The molecule has 0 spiro atoms. The highest BCUT2D eigenvalue weighted by molar-refractivity contribution is 5.96. The van der Waals surface area contributed by atoms with Crippen LogP contribution in [0.2, 0.25) is 0 Å². The van der Waals surface area contributed by atoms with Crippen molar-refractivity contribution in [2.24, 2.45) is 11.1 Å². The Morgan fingerprint density at radius 2 is 1.95 bits per heavy atom. The van der Waals surface area contributed by atoms with E-state index in [1.807, 2.05) is 0 Å². The SMILES string of the molecule is NCC1(C(=O)Nc2ccc(C(=O)O)cc2F)CCCCC1. The molecule has 4 N–H and O–H groups in total. The van der Waals surface area contributed by atoms with Crippen LogP contribution in [0, 0.1) is 11.2 Å². The van der Waals surface area contributed by atoms with Gasteiger partial charge in [0.2, 0.25) is 5.91 Å². The van der Waals surface area contributed by atoms with Gasteiger partial charge in [0.05, 0.1) is 16.7 Å².